The Bertz CT molecular complexity index is 826. The van der Waals surface area contributed by atoms with E-state index in [1.165, 1.54) is 11.3 Å². The van der Waals surface area contributed by atoms with Crippen molar-refractivity contribution >= 4 is 40.4 Å². The topological polar surface area (TPSA) is 46.9 Å². The molecule has 118 valence electrons. The number of nitrogens with one attached hydrogen (secondary N) is 1. The lowest BCUT2D eigenvalue weighted by Gasteiger charge is -2.19. The van der Waals surface area contributed by atoms with Crippen molar-refractivity contribution in [1.82, 2.24) is 14.9 Å². The van der Waals surface area contributed by atoms with E-state index in [1.807, 2.05) is 29.9 Å². The second-order valence-electron chi connectivity index (χ2n) is 4.96. The number of aromatic nitrogens is 2. The predicted molar refractivity (Wildman–Crippen MR) is 93.3 cm³/mol. The molecular weight excluding hydrogens is 353 g/mol. The second kappa shape index (κ2) is 6.74. The fraction of sp³-hybridized carbons (Fsp3) is 0.125. The van der Waals surface area contributed by atoms with Gasteiger partial charge in [0.25, 0.3) is 5.91 Å². The molecule has 23 heavy (non-hydrogen) atoms. The zero-order valence-electron chi connectivity index (χ0n) is 12.2. The van der Waals surface area contributed by atoms with Crippen LogP contribution in [0.25, 0.3) is 0 Å². The third kappa shape index (κ3) is 3.58. The van der Waals surface area contributed by atoms with Gasteiger partial charge in [-0.1, -0.05) is 35.3 Å². The number of imidazole rings is 1. The molecule has 0 saturated carbocycles. The zero-order chi connectivity index (χ0) is 16.4. The van der Waals surface area contributed by atoms with Gasteiger partial charge in [-0.05, 0) is 29.8 Å². The molecule has 0 spiro atoms. The van der Waals surface area contributed by atoms with Gasteiger partial charge in [-0.25, -0.2) is 4.98 Å². The number of amides is 1. The first kappa shape index (κ1) is 16.1. The summed E-state index contributed by atoms with van der Waals surface area (Å²) in [7, 11) is 1.89. The highest BCUT2D eigenvalue weighted by molar-refractivity contribution is 7.18. The number of nitrogens with zero attached hydrogens (tertiary/aromatic N) is 2. The van der Waals surface area contributed by atoms with E-state index in [4.69, 9.17) is 23.2 Å². The Hall–Kier alpha value is -1.82. The molecule has 3 rings (SSSR count). The standard InChI is InChI=1S/C16H13Cl2N3OS/c1-21-9-8-19-15(21)14(10-2-4-11(17)5-3-10)20-16(22)12-6-7-13(18)23-12/h2-9,14H,1H3,(H,20,22). The number of halogens is 2. The van der Waals surface area contributed by atoms with Gasteiger partial charge in [-0.3, -0.25) is 4.79 Å². The molecule has 1 N–H and O–H groups in total. The number of carbonyl (C=O) groups excluding carboxylic acids is 1. The summed E-state index contributed by atoms with van der Waals surface area (Å²) in [4.78, 5) is 17.4. The van der Waals surface area contributed by atoms with Crippen LogP contribution in [0.15, 0.2) is 48.8 Å². The third-order valence-corrected chi connectivity index (χ3v) is 4.87. The van der Waals surface area contributed by atoms with Gasteiger partial charge in [-0.15, -0.1) is 11.3 Å². The molecule has 0 radical (unpaired) electrons. The molecule has 1 atom stereocenters. The van der Waals surface area contributed by atoms with Crippen LogP contribution in [0, 0.1) is 0 Å². The monoisotopic (exact) mass is 365 g/mol. The van der Waals surface area contributed by atoms with Crippen LogP contribution in [0.2, 0.25) is 9.36 Å². The summed E-state index contributed by atoms with van der Waals surface area (Å²) < 4.78 is 2.45. The normalized spacial score (nSPS) is 12.1. The van der Waals surface area contributed by atoms with Crippen molar-refractivity contribution in [2.24, 2.45) is 7.05 Å². The molecule has 0 saturated heterocycles. The maximum absolute atomic E-state index is 12.5. The van der Waals surface area contributed by atoms with E-state index in [2.05, 4.69) is 10.3 Å². The molecule has 1 unspecified atom stereocenters. The first-order chi connectivity index (χ1) is 11.0. The number of hydrogen-bond donors (Lipinski definition) is 1. The molecule has 0 aliphatic heterocycles. The van der Waals surface area contributed by atoms with E-state index < -0.39 is 0 Å². The van der Waals surface area contributed by atoms with E-state index in [-0.39, 0.29) is 11.9 Å². The van der Waals surface area contributed by atoms with Gasteiger partial charge in [0, 0.05) is 24.5 Å². The Morgan fingerprint density at radius 2 is 1.96 bits per heavy atom. The van der Waals surface area contributed by atoms with E-state index in [0.29, 0.717) is 14.2 Å². The molecule has 4 nitrogen and oxygen atoms in total. The van der Waals surface area contributed by atoms with Crippen molar-refractivity contribution in [1.29, 1.82) is 0 Å². The van der Waals surface area contributed by atoms with Crippen molar-refractivity contribution in [3.05, 3.63) is 74.4 Å². The Labute approximate surface area is 147 Å². The number of benzene rings is 1. The molecule has 3 aromatic rings. The van der Waals surface area contributed by atoms with E-state index >= 15 is 0 Å². The van der Waals surface area contributed by atoms with Crippen molar-refractivity contribution in [2.75, 3.05) is 0 Å². The summed E-state index contributed by atoms with van der Waals surface area (Å²) >= 11 is 13.1. The number of carbonyl (C=O) groups is 1. The minimum atomic E-state index is -0.374. The van der Waals surface area contributed by atoms with Gasteiger partial charge in [0.15, 0.2) is 0 Å². The molecule has 0 aliphatic rings. The maximum Gasteiger partial charge on any atom is 0.262 e. The molecule has 2 aromatic heterocycles. The number of hydrogen-bond acceptors (Lipinski definition) is 3. The Kier molecular flexibility index (Phi) is 4.71. The summed E-state index contributed by atoms with van der Waals surface area (Å²) in [6.07, 6.45) is 3.54. The Morgan fingerprint density at radius 1 is 1.22 bits per heavy atom. The van der Waals surface area contributed by atoms with Crippen molar-refractivity contribution in [3.63, 3.8) is 0 Å². The molecule has 0 bridgehead atoms. The quantitative estimate of drug-likeness (QED) is 0.748. The minimum absolute atomic E-state index is 0.190. The lowest BCUT2D eigenvalue weighted by molar-refractivity contribution is 0.0945. The van der Waals surface area contributed by atoms with Crippen LogP contribution in [0.1, 0.15) is 27.1 Å². The Morgan fingerprint density at radius 3 is 2.52 bits per heavy atom. The number of aryl methyl sites for hydroxylation is 1. The smallest absolute Gasteiger partial charge is 0.262 e. The first-order valence-corrected chi connectivity index (χ1v) is 8.40. The molecule has 1 amide bonds. The fourth-order valence-electron chi connectivity index (χ4n) is 2.25. The highest BCUT2D eigenvalue weighted by Gasteiger charge is 2.22. The highest BCUT2D eigenvalue weighted by Crippen LogP contribution is 2.25. The van der Waals surface area contributed by atoms with E-state index in [1.54, 1.807) is 30.5 Å². The summed E-state index contributed by atoms with van der Waals surface area (Å²) in [5.74, 6) is 0.549. The maximum atomic E-state index is 12.5. The van der Waals surface area contributed by atoms with Gasteiger partial charge in [-0.2, -0.15) is 0 Å². The van der Waals surface area contributed by atoms with Gasteiger partial charge < -0.3 is 9.88 Å². The van der Waals surface area contributed by atoms with Crippen LogP contribution in [0.5, 0.6) is 0 Å². The third-order valence-electron chi connectivity index (χ3n) is 3.39. The fourth-order valence-corrected chi connectivity index (χ4v) is 3.32. The average molecular weight is 366 g/mol. The molecule has 2 heterocycles. The summed E-state index contributed by atoms with van der Waals surface area (Å²) in [6, 6.07) is 10.4. The summed E-state index contributed by atoms with van der Waals surface area (Å²) in [5.41, 5.74) is 0.903. The largest absolute Gasteiger partial charge is 0.337 e. The van der Waals surface area contributed by atoms with Crippen LogP contribution in [-0.2, 0) is 7.05 Å². The second-order valence-corrected chi connectivity index (χ2v) is 7.11. The van der Waals surface area contributed by atoms with Crippen LogP contribution in [-0.4, -0.2) is 15.5 Å². The number of thiophene rings is 1. The summed E-state index contributed by atoms with van der Waals surface area (Å²) in [6.45, 7) is 0. The molecule has 7 heteroatoms. The van der Waals surface area contributed by atoms with Gasteiger partial charge in [0.1, 0.15) is 11.9 Å². The van der Waals surface area contributed by atoms with Crippen LogP contribution < -0.4 is 5.32 Å². The van der Waals surface area contributed by atoms with Crippen molar-refractivity contribution in [3.8, 4) is 0 Å². The lowest BCUT2D eigenvalue weighted by atomic mass is 10.1. The minimum Gasteiger partial charge on any atom is -0.337 e. The van der Waals surface area contributed by atoms with Crippen LogP contribution in [0.3, 0.4) is 0 Å². The van der Waals surface area contributed by atoms with E-state index in [0.717, 1.165) is 11.4 Å². The van der Waals surface area contributed by atoms with Gasteiger partial charge >= 0.3 is 0 Å². The SMILES string of the molecule is Cn1ccnc1C(NC(=O)c1ccc(Cl)s1)c1ccc(Cl)cc1. The molecule has 0 aliphatic carbocycles. The highest BCUT2D eigenvalue weighted by atomic mass is 35.5. The van der Waals surface area contributed by atoms with Crippen LogP contribution in [0.4, 0.5) is 0 Å². The lowest BCUT2D eigenvalue weighted by Crippen LogP contribution is -2.30. The predicted octanol–water partition coefficient (Wildman–Crippen LogP) is 4.31. The van der Waals surface area contributed by atoms with Crippen LogP contribution >= 0.6 is 34.5 Å². The Balaban J connectivity index is 1.94. The molecule has 0 fully saturated rings. The molecular formula is C16H13Cl2N3OS. The summed E-state index contributed by atoms with van der Waals surface area (Å²) in [5, 5.41) is 3.65. The van der Waals surface area contributed by atoms with E-state index in [9.17, 15) is 4.79 Å². The van der Waals surface area contributed by atoms with Gasteiger partial charge in [0.2, 0.25) is 0 Å². The first-order valence-electron chi connectivity index (χ1n) is 6.83. The number of rotatable bonds is 4. The molecule has 1 aromatic carbocycles. The van der Waals surface area contributed by atoms with Gasteiger partial charge in [0.05, 0.1) is 9.21 Å². The van der Waals surface area contributed by atoms with Crippen molar-refractivity contribution in [2.45, 2.75) is 6.04 Å². The zero-order valence-corrected chi connectivity index (χ0v) is 14.5. The average Bonchev–Trinajstić information content (AvgIpc) is 3.14. The van der Waals surface area contributed by atoms with Crippen molar-refractivity contribution < 1.29 is 4.79 Å².